The summed E-state index contributed by atoms with van der Waals surface area (Å²) in [7, 11) is 0. The number of hydrogen-bond donors (Lipinski definition) is 1. The number of thiophene rings is 1. The van der Waals surface area contributed by atoms with Gasteiger partial charge in [-0.05, 0) is 60.4 Å². The zero-order chi connectivity index (χ0) is 23.1. The Hall–Kier alpha value is -3.50. The van der Waals surface area contributed by atoms with Crippen molar-refractivity contribution in [2.45, 2.75) is 13.0 Å². The van der Waals surface area contributed by atoms with Gasteiger partial charge in [-0.15, -0.1) is 11.3 Å². The van der Waals surface area contributed by atoms with E-state index >= 15 is 0 Å². The molecule has 166 valence electrons. The van der Waals surface area contributed by atoms with Gasteiger partial charge in [-0.3, -0.25) is 4.90 Å². The number of aromatic nitrogens is 2. The molecule has 1 aliphatic rings. The van der Waals surface area contributed by atoms with E-state index in [0.717, 1.165) is 17.0 Å². The molecule has 1 aliphatic heterocycles. The largest absolute Gasteiger partial charge is 0.351 e. The molecule has 0 saturated carbocycles. The van der Waals surface area contributed by atoms with Crippen molar-refractivity contribution in [3.05, 3.63) is 94.6 Å². The van der Waals surface area contributed by atoms with Crippen molar-refractivity contribution in [3.63, 3.8) is 0 Å². The summed E-state index contributed by atoms with van der Waals surface area (Å²) in [6, 6.07) is 12.7. The van der Waals surface area contributed by atoms with Crippen LogP contribution in [-0.4, -0.2) is 15.3 Å². The first-order chi connectivity index (χ1) is 15.9. The van der Waals surface area contributed by atoms with Crippen molar-refractivity contribution >= 4 is 39.9 Å². The molecule has 2 aromatic carbocycles. The summed E-state index contributed by atoms with van der Waals surface area (Å²) >= 11 is 7.01. The highest BCUT2D eigenvalue weighted by atomic mass is 32.1. The van der Waals surface area contributed by atoms with E-state index in [1.165, 1.54) is 29.5 Å². The third-order valence-corrected chi connectivity index (χ3v) is 6.39. The second-order valence-electron chi connectivity index (χ2n) is 7.27. The summed E-state index contributed by atoms with van der Waals surface area (Å²) in [5.74, 6) is -1.77. The van der Waals surface area contributed by atoms with E-state index in [4.69, 9.17) is 16.7 Å². The van der Waals surface area contributed by atoms with Gasteiger partial charge in [0.05, 0.1) is 22.2 Å². The number of allylic oxidation sites excluding steroid dienone is 1. The van der Waals surface area contributed by atoms with Gasteiger partial charge in [0, 0.05) is 11.8 Å². The lowest BCUT2D eigenvalue weighted by Crippen LogP contribution is -2.46. The second-order valence-corrected chi connectivity index (χ2v) is 8.61. The predicted octanol–water partition coefficient (Wildman–Crippen LogP) is 6.08. The van der Waals surface area contributed by atoms with Gasteiger partial charge >= 0.3 is 0 Å². The number of rotatable bonds is 4. The lowest BCUT2D eigenvalue weighted by atomic mass is 9.94. The van der Waals surface area contributed by atoms with Crippen LogP contribution in [0.2, 0.25) is 0 Å². The highest BCUT2D eigenvalue weighted by molar-refractivity contribution is 7.80. The van der Waals surface area contributed by atoms with Gasteiger partial charge in [0.1, 0.15) is 5.82 Å². The molecule has 0 aliphatic carbocycles. The molecule has 2 aromatic heterocycles. The summed E-state index contributed by atoms with van der Waals surface area (Å²) in [6.07, 6.45) is 0. The normalized spacial score (nSPS) is 16.3. The molecule has 1 unspecified atom stereocenters. The molecule has 0 saturated heterocycles. The summed E-state index contributed by atoms with van der Waals surface area (Å²) in [4.78, 5) is 6.92. The van der Waals surface area contributed by atoms with E-state index < -0.39 is 23.5 Å². The van der Waals surface area contributed by atoms with Crippen LogP contribution in [0.25, 0.3) is 16.3 Å². The second kappa shape index (κ2) is 8.45. The Morgan fingerprint density at radius 1 is 1.06 bits per heavy atom. The Bertz CT molecular complexity index is 1380. The lowest BCUT2D eigenvalue weighted by Gasteiger charge is -2.37. The Kier molecular flexibility index (Phi) is 5.47. The fraction of sp³-hybridized carbons (Fsp3) is 0.0870. The van der Waals surface area contributed by atoms with E-state index in [1.807, 2.05) is 17.5 Å². The Morgan fingerprint density at radius 2 is 1.91 bits per heavy atom. The first-order valence-corrected chi connectivity index (χ1v) is 11.1. The van der Waals surface area contributed by atoms with E-state index in [1.54, 1.807) is 24.0 Å². The van der Waals surface area contributed by atoms with Crippen molar-refractivity contribution in [2.24, 2.45) is 0 Å². The monoisotopic (exact) mass is 484 g/mol. The summed E-state index contributed by atoms with van der Waals surface area (Å²) < 4.78 is 47.2. The van der Waals surface area contributed by atoms with Crippen molar-refractivity contribution in [1.82, 2.24) is 15.5 Å². The molecule has 1 atom stereocenters. The maximum Gasteiger partial charge on any atom is 0.258 e. The van der Waals surface area contributed by atoms with Crippen LogP contribution in [0.4, 0.5) is 18.9 Å². The molecular weight excluding hydrogens is 469 g/mol. The van der Waals surface area contributed by atoms with Crippen molar-refractivity contribution in [2.75, 3.05) is 4.90 Å². The molecule has 3 heterocycles. The van der Waals surface area contributed by atoms with Crippen LogP contribution in [0.15, 0.2) is 70.2 Å². The number of halogens is 3. The molecular formula is C23H15F3N4OS2. The Balaban J connectivity index is 1.68. The highest BCUT2D eigenvalue weighted by Gasteiger charge is 2.35. The molecule has 5 nitrogen and oxygen atoms in total. The number of nitrogens with one attached hydrogen (secondary N) is 1. The van der Waals surface area contributed by atoms with Crippen LogP contribution >= 0.6 is 23.6 Å². The van der Waals surface area contributed by atoms with Gasteiger partial charge in [0.25, 0.3) is 5.89 Å². The fourth-order valence-electron chi connectivity index (χ4n) is 3.73. The smallest absolute Gasteiger partial charge is 0.258 e. The first-order valence-electron chi connectivity index (χ1n) is 9.82. The van der Waals surface area contributed by atoms with Crippen molar-refractivity contribution in [1.29, 1.82) is 0 Å². The zero-order valence-corrected chi connectivity index (χ0v) is 18.7. The standard InChI is InChI=1S/C23H15F3N4OS2/c1-12-19(22-28-21(29-31-22)18-6-3-9-33-18)20(13-4-2-5-14(24)10-13)27-23(32)30(12)15-7-8-16(25)17(26)11-15/h2-11,20H,1H3,(H,27,32). The number of thiocarbonyl (C=S) groups is 1. The van der Waals surface area contributed by atoms with E-state index in [-0.39, 0.29) is 11.0 Å². The number of nitrogens with zero attached hydrogens (tertiary/aromatic N) is 3. The molecule has 0 fully saturated rings. The average molecular weight is 485 g/mol. The molecule has 10 heteroatoms. The molecule has 4 aromatic rings. The third kappa shape index (κ3) is 3.91. The third-order valence-electron chi connectivity index (χ3n) is 5.23. The van der Waals surface area contributed by atoms with Crippen LogP contribution in [0.3, 0.4) is 0 Å². The fourth-order valence-corrected chi connectivity index (χ4v) is 4.74. The van der Waals surface area contributed by atoms with Crippen LogP contribution in [0.1, 0.15) is 24.4 Å². The van der Waals surface area contributed by atoms with Crippen LogP contribution in [0.5, 0.6) is 0 Å². The molecule has 0 spiro atoms. The van der Waals surface area contributed by atoms with Crippen LogP contribution in [-0.2, 0) is 0 Å². The van der Waals surface area contributed by atoms with Gasteiger partial charge in [-0.25, -0.2) is 13.2 Å². The minimum atomic E-state index is -1.00. The van der Waals surface area contributed by atoms with Crippen molar-refractivity contribution < 1.29 is 17.7 Å². The SMILES string of the molecule is CC1=C(c2nc(-c3cccs3)no2)C(c2cccc(F)c2)NC(=S)N1c1ccc(F)c(F)c1. The summed E-state index contributed by atoms with van der Waals surface area (Å²) in [5.41, 5.74) is 2.00. The molecule has 5 rings (SSSR count). The minimum Gasteiger partial charge on any atom is -0.351 e. The predicted molar refractivity (Wildman–Crippen MR) is 124 cm³/mol. The van der Waals surface area contributed by atoms with Crippen LogP contribution in [0, 0.1) is 17.5 Å². The van der Waals surface area contributed by atoms with Crippen LogP contribution < -0.4 is 10.2 Å². The van der Waals surface area contributed by atoms with Gasteiger partial charge in [0.15, 0.2) is 16.7 Å². The van der Waals surface area contributed by atoms with Gasteiger partial charge < -0.3 is 9.84 Å². The number of benzene rings is 2. The first kappa shape index (κ1) is 21.4. The summed E-state index contributed by atoms with van der Waals surface area (Å²) in [5, 5.41) is 9.37. The topological polar surface area (TPSA) is 54.2 Å². The van der Waals surface area contributed by atoms with Gasteiger partial charge in [-0.2, -0.15) is 4.98 Å². The Labute approximate surface area is 196 Å². The van der Waals surface area contributed by atoms with E-state index in [0.29, 0.717) is 28.3 Å². The van der Waals surface area contributed by atoms with E-state index in [9.17, 15) is 13.2 Å². The quantitative estimate of drug-likeness (QED) is 0.354. The maximum absolute atomic E-state index is 14.0. The number of hydrogen-bond acceptors (Lipinski definition) is 5. The Morgan fingerprint density at radius 3 is 2.64 bits per heavy atom. The van der Waals surface area contributed by atoms with Gasteiger partial charge in [0.2, 0.25) is 5.82 Å². The maximum atomic E-state index is 14.0. The molecule has 1 N–H and O–H groups in total. The zero-order valence-electron chi connectivity index (χ0n) is 17.1. The highest BCUT2D eigenvalue weighted by Crippen LogP contribution is 2.39. The summed E-state index contributed by atoms with van der Waals surface area (Å²) in [6.45, 7) is 1.76. The molecule has 33 heavy (non-hydrogen) atoms. The lowest BCUT2D eigenvalue weighted by molar-refractivity contribution is 0.404. The van der Waals surface area contributed by atoms with Crippen molar-refractivity contribution in [3.8, 4) is 10.7 Å². The number of anilines is 1. The van der Waals surface area contributed by atoms with E-state index in [2.05, 4.69) is 15.5 Å². The minimum absolute atomic E-state index is 0.202. The molecule has 0 amide bonds. The van der Waals surface area contributed by atoms with Gasteiger partial charge in [-0.1, -0.05) is 23.4 Å². The average Bonchev–Trinajstić information content (AvgIpc) is 3.48. The molecule has 0 bridgehead atoms. The molecule has 0 radical (unpaired) electrons.